The van der Waals surface area contributed by atoms with E-state index in [-0.39, 0.29) is 0 Å². The molecular formula is C11H19N. The molecule has 0 aromatic heterocycles. The molecule has 0 fully saturated rings. The van der Waals surface area contributed by atoms with Crippen molar-refractivity contribution in [3.05, 3.63) is 12.2 Å². The zero-order valence-electron chi connectivity index (χ0n) is 8.33. The van der Waals surface area contributed by atoms with Crippen LogP contribution in [0.2, 0.25) is 0 Å². The molecule has 1 aliphatic rings. The molecule has 1 aliphatic heterocycles. The van der Waals surface area contributed by atoms with E-state index < -0.39 is 0 Å². The zero-order chi connectivity index (χ0) is 8.97. The maximum absolute atomic E-state index is 4.49. The van der Waals surface area contributed by atoms with Crippen LogP contribution in [0, 0.1) is 11.8 Å². The molecule has 68 valence electrons. The van der Waals surface area contributed by atoms with Crippen LogP contribution < -0.4 is 0 Å². The molecule has 1 heterocycles. The summed E-state index contributed by atoms with van der Waals surface area (Å²) < 4.78 is 0. The second kappa shape index (κ2) is 4.44. The highest BCUT2D eigenvalue weighted by atomic mass is 14.8. The maximum Gasteiger partial charge on any atom is 0.0704 e. The molecule has 0 spiro atoms. The van der Waals surface area contributed by atoms with E-state index in [1.54, 1.807) is 0 Å². The molecule has 0 aliphatic carbocycles. The van der Waals surface area contributed by atoms with Crippen LogP contribution >= 0.6 is 0 Å². The van der Waals surface area contributed by atoms with Gasteiger partial charge < -0.3 is 0 Å². The van der Waals surface area contributed by atoms with Crippen molar-refractivity contribution in [1.29, 1.82) is 0 Å². The zero-order valence-corrected chi connectivity index (χ0v) is 8.33. The van der Waals surface area contributed by atoms with Crippen molar-refractivity contribution < 1.29 is 0 Å². The summed E-state index contributed by atoms with van der Waals surface area (Å²) in [5.41, 5.74) is 0. The van der Waals surface area contributed by atoms with E-state index in [2.05, 4.69) is 44.1 Å². The van der Waals surface area contributed by atoms with Gasteiger partial charge >= 0.3 is 0 Å². The standard InChI is InChI=1S/C11H19N/c1-4-5-6-11-10(3)9(2)7-8-12-11/h5-6,8-11H,4,7H2,1-3H3/b6-5-/t9?,10-,11?/m1/s1. The van der Waals surface area contributed by atoms with Gasteiger partial charge in [0.2, 0.25) is 0 Å². The number of nitrogens with zero attached hydrogens (tertiary/aromatic N) is 1. The number of allylic oxidation sites excluding steroid dienone is 1. The first-order valence-corrected chi connectivity index (χ1v) is 4.94. The van der Waals surface area contributed by atoms with Gasteiger partial charge in [0.25, 0.3) is 0 Å². The van der Waals surface area contributed by atoms with Crippen LogP contribution in [-0.2, 0) is 0 Å². The van der Waals surface area contributed by atoms with Gasteiger partial charge in [-0.2, -0.15) is 0 Å². The van der Waals surface area contributed by atoms with E-state index in [1.165, 1.54) is 0 Å². The molecule has 2 unspecified atom stereocenters. The van der Waals surface area contributed by atoms with E-state index >= 15 is 0 Å². The molecule has 0 bridgehead atoms. The average molecular weight is 165 g/mol. The summed E-state index contributed by atoms with van der Waals surface area (Å²) in [4.78, 5) is 4.49. The lowest BCUT2D eigenvalue weighted by atomic mass is 9.85. The molecule has 0 amide bonds. The number of rotatable bonds is 2. The van der Waals surface area contributed by atoms with E-state index in [0.717, 1.165) is 18.8 Å². The Morgan fingerprint density at radius 2 is 2.25 bits per heavy atom. The Hall–Kier alpha value is -0.590. The topological polar surface area (TPSA) is 12.4 Å². The third-order valence-electron chi connectivity index (χ3n) is 2.76. The predicted octanol–water partition coefficient (Wildman–Crippen LogP) is 3.07. The summed E-state index contributed by atoms with van der Waals surface area (Å²) >= 11 is 0. The van der Waals surface area contributed by atoms with Crippen LogP contribution in [0.5, 0.6) is 0 Å². The predicted molar refractivity (Wildman–Crippen MR) is 54.7 cm³/mol. The minimum Gasteiger partial charge on any atom is -0.290 e. The summed E-state index contributed by atoms with van der Waals surface area (Å²) in [6.07, 6.45) is 8.81. The molecule has 0 aromatic carbocycles. The molecule has 3 atom stereocenters. The van der Waals surface area contributed by atoms with Gasteiger partial charge in [-0.05, 0) is 30.9 Å². The lowest BCUT2D eigenvalue weighted by Gasteiger charge is -2.26. The highest BCUT2D eigenvalue weighted by molar-refractivity contribution is 5.59. The average Bonchev–Trinajstić information content (AvgIpc) is 2.08. The highest BCUT2D eigenvalue weighted by Gasteiger charge is 2.21. The van der Waals surface area contributed by atoms with Gasteiger partial charge in [0.05, 0.1) is 6.04 Å². The Kier molecular flexibility index (Phi) is 3.51. The van der Waals surface area contributed by atoms with Crippen molar-refractivity contribution in [2.45, 2.75) is 39.7 Å². The van der Waals surface area contributed by atoms with Crippen LogP contribution in [-0.4, -0.2) is 12.3 Å². The first kappa shape index (κ1) is 9.50. The first-order chi connectivity index (χ1) is 5.75. The summed E-state index contributed by atoms with van der Waals surface area (Å²) in [6.45, 7) is 6.77. The highest BCUT2D eigenvalue weighted by Crippen LogP contribution is 2.24. The molecule has 0 N–H and O–H groups in total. The first-order valence-electron chi connectivity index (χ1n) is 4.94. The Balaban J connectivity index is 2.57. The van der Waals surface area contributed by atoms with Gasteiger partial charge in [0.1, 0.15) is 0 Å². The van der Waals surface area contributed by atoms with E-state index in [1.807, 2.05) is 0 Å². The fourth-order valence-electron chi connectivity index (χ4n) is 1.54. The van der Waals surface area contributed by atoms with Crippen LogP contribution in [0.25, 0.3) is 0 Å². The Morgan fingerprint density at radius 3 is 2.92 bits per heavy atom. The van der Waals surface area contributed by atoms with Crippen molar-refractivity contribution in [2.24, 2.45) is 16.8 Å². The van der Waals surface area contributed by atoms with Gasteiger partial charge in [-0.15, -0.1) is 0 Å². The monoisotopic (exact) mass is 165 g/mol. The Bertz CT molecular complexity index is 181. The van der Waals surface area contributed by atoms with Gasteiger partial charge in [-0.3, -0.25) is 4.99 Å². The lowest BCUT2D eigenvalue weighted by molar-refractivity contribution is 0.354. The maximum atomic E-state index is 4.49. The van der Waals surface area contributed by atoms with Crippen molar-refractivity contribution >= 4 is 6.21 Å². The molecule has 12 heavy (non-hydrogen) atoms. The third kappa shape index (κ3) is 2.20. The summed E-state index contributed by atoms with van der Waals surface area (Å²) in [5.74, 6) is 1.49. The minimum atomic E-state index is 0.439. The number of hydrogen-bond donors (Lipinski definition) is 0. The van der Waals surface area contributed by atoms with Gasteiger partial charge in [0.15, 0.2) is 0 Å². The summed E-state index contributed by atoms with van der Waals surface area (Å²) in [7, 11) is 0. The van der Waals surface area contributed by atoms with Crippen LogP contribution in [0.3, 0.4) is 0 Å². The largest absolute Gasteiger partial charge is 0.290 e. The second-order valence-electron chi connectivity index (χ2n) is 3.73. The number of hydrogen-bond acceptors (Lipinski definition) is 1. The molecule has 0 saturated heterocycles. The molecule has 1 rings (SSSR count). The smallest absolute Gasteiger partial charge is 0.0704 e. The fourth-order valence-corrected chi connectivity index (χ4v) is 1.54. The SMILES string of the molecule is CC/C=C\C1N=CCC(C)[C@H]1C. The van der Waals surface area contributed by atoms with Gasteiger partial charge in [0, 0.05) is 0 Å². The Labute approximate surface area is 75.6 Å². The lowest BCUT2D eigenvalue weighted by Crippen LogP contribution is -2.25. The third-order valence-corrected chi connectivity index (χ3v) is 2.76. The quantitative estimate of drug-likeness (QED) is 0.558. The van der Waals surface area contributed by atoms with Crippen molar-refractivity contribution in [3.63, 3.8) is 0 Å². The summed E-state index contributed by atoms with van der Waals surface area (Å²) in [6, 6.07) is 0.439. The fraction of sp³-hybridized carbons (Fsp3) is 0.727. The van der Waals surface area contributed by atoms with Crippen molar-refractivity contribution in [2.75, 3.05) is 0 Å². The molecular weight excluding hydrogens is 146 g/mol. The van der Waals surface area contributed by atoms with E-state index in [9.17, 15) is 0 Å². The minimum absolute atomic E-state index is 0.439. The molecule has 0 aromatic rings. The van der Waals surface area contributed by atoms with Crippen LogP contribution in [0.1, 0.15) is 33.6 Å². The van der Waals surface area contributed by atoms with Crippen LogP contribution in [0.15, 0.2) is 17.1 Å². The van der Waals surface area contributed by atoms with Crippen molar-refractivity contribution in [3.8, 4) is 0 Å². The van der Waals surface area contributed by atoms with Crippen LogP contribution in [0.4, 0.5) is 0 Å². The van der Waals surface area contributed by atoms with E-state index in [4.69, 9.17) is 0 Å². The Morgan fingerprint density at radius 1 is 1.50 bits per heavy atom. The van der Waals surface area contributed by atoms with Gasteiger partial charge in [-0.25, -0.2) is 0 Å². The second-order valence-corrected chi connectivity index (χ2v) is 3.73. The molecule has 0 saturated carbocycles. The molecule has 1 nitrogen and oxygen atoms in total. The molecule has 0 radical (unpaired) electrons. The summed E-state index contributed by atoms with van der Waals surface area (Å²) in [5, 5.41) is 0. The normalized spacial score (nSPS) is 36.1. The van der Waals surface area contributed by atoms with E-state index in [0.29, 0.717) is 12.0 Å². The van der Waals surface area contributed by atoms with Gasteiger partial charge in [-0.1, -0.05) is 32.9 Å². The van der Waals surface area contributed by atoms with Crippen molar-refractivity contribution in [1.82, 2.24) is 0 Å². The molecule has 1 heteroatoms. The number of aliphatic imine (C=N–C) groups is 1.